The molecule has 0 amide bonds. The summed E-state index contributed by atoms with van der Waals surface area (Å²) in [6, 6.07) is 5.23. The van der Waals surface area contributed by atoms with E-state index in [4.69, 9.17) is 4.74 Å². The van der Waals surface area contributed by atoms with Gasteiger partial charge in [-0.3, -0.25) is 9.79 Å². The molecule has 34 heavy (non-hydrogen) atoms. The van der Waals surface area contributed by atoms with Crippen molar-refractivity contribution in [3.63, 3.8) is 0 Å². The van der Waals surface area contributed by atoms with Gasteiger partial charge in [0.25, 0.3) is 0 Å². The lowest BCUT2D eigenvalue weighted by Crippen LogP contribution is -2.23. The van der Waals surface area contributed by atoms with Crippen molar-refractivity contribution in [2.75, 3.05) is 13.3 Å². The maximum absolute atomic E-state index is 12.4. The Morgan fingerprint density at radius 1 is 1.21 bits per heavy atom. The van der Waals surface area contributed by atoms with Gasteiger partial charge in [0.05, 0.1) is 18.4 Å². The Kier molecular flexibility index (Phi) is 8.80. The van der Waals surface area contributed by atoms with Gasteiger partial charge in [0.15, 0.2) is 18.2 Å². The van der Waals surface area contributed by atoms with Gasteiger partial charge in [0.1, 0.15) is 5.78 Å². The number of aliphatic imine (C=N–C) groups is 1. The van der Waals surface area contributed by atoms with Crippen LogP contribution in [0, 0.1) is 5.92 Å². The van der Waals surface area contributed by atoms with Gasteiger partial charge < -0.3 is 19.8 Å². The number of Topliss-reactive ketones (excluding diaryl/α,β-unsaturated/α-hetero) is 1. The molecular weight excluding hydrogens is 428 g/mol. The standard InChI is InChI=1S/C28H38N2O4/c31-24(9-5-4-8-21-6-2-1-3-7-21)17-25(32)12-10-22-11-13-27(33)28(16-22)34-20-30-18-23-14-15-29-26(23)19-30/h11,13-16,18,21,24,31,33H,1-10,12,17,19-20H2/t24-/m1/s1. The van der Waals surface area contributed by atoms with Crippen molar-refractivity contribution < 1.29 is 19.7 Å². The number of phenols is 1. The highest BCUT2D eigenvalue weighted by atomic mass is 16.5. The van der Waals surface area contributed by atoms with Crippen LogP contribution in [0.4, 0.5) is 0 Å². The van der Waals surface area contributed by atoms with Crippen LogP contribution in [0.5, 0.6) is 11.5 Å². The van der Waals surface area contributed by atoms with Gasteiger partial charge in [-0.25, -0.2) is 0 Å². The molecule has 1 saturated carbocycles. The van der Waals surface area contributed by atoms with Crippen molar-refractivity contribution in [3.8, 4) is 11.5 Å². The smallest absolute Gasteiger partial charge is 0.163 e. The highest BCUT2D eigenvalue weighted by molar-refractivity contribution is 6.07. The lowest BCUT2D eigenvalue weighted by atomic mass is 9.85. The van der Waals surface area contributed by atoms with Crippen LogP contribution in [0.25, 0.3) is 0 Å². The van der Waals surface area contributed by atoms with E-state index < -0.39 is 6.10 Å². The fourth-order valence-corrected chi connectivity index (χ4v) is 5.17. The van der Waals surface area contributed by atoms with Gasteiger partial charge in [0.2, 0.25) is 0 Å². The molecule has 3 aliphatic rings. The highest BCUT2D eigenvalue weighted by Crippen LogP contribution is 2.29. The molecule has 184 valence electrons. The Balaban J connectivity index is 1.14. The molecule has 1 aromatic rings. The summed E-state index contributed by atoms with van der Waals surface area (Å²) in [5.41, 5.74) is 3.07. The van der Waals surface area contributed by atoms with Gasteiger partial charge >= 0.3 is 0 Å². The molecule has 6 nitrogen and oxygen atoms in total. The van der Waals surface area contributed by atoms with E-state index in [0.29, 0.717) is 38.3 Å². The third-order valence-electron chi connectivity index (χ3n) is 7.18. The van der Waals surface area contributed by atoms with E-state index in [1.165, 1.54) is 38.5 Å². The number of carbonyl (C=O) groups is 1. The zero-order valence-electron chi connectivity index (χ0n) is 20.1. The number of carbonyl (C=O) groups excluding carboxylic acids is 1. The fraction of sp³-hybridized carbons (Fsp3) is 0.571. The number of aliphatic hydroxyl groups is 1. The Morgan fingerprint density at radius 3 is 2.88 bits per heavy atom. The lowest BCUT2D eigenvalue weighted by Gasteiger charge is -2.21. The predicted octanol–water partition coefficient (Wildman–Crippen LogP) is 5.29. The topological polar surface area (TPSA) is 82.4 Å². The van der Waals surface area contributed by atoms with Crippen molar-refractivity contribution in [2.24, 2.45) is 10.9 Å². The monoisotopic (exact) mass is 466 g/mol. The Labute approximate surface area is 203 Å². The van der Waals surface area contributed by atoms with Crippen molar-refractivity contribution >= 4 is 11.5 Å². The SMILES string of the molecule is O=C(CCc1ccc(O)c(OCN2C=C3C=CN=C3C2)c1)C[C@H](O)CCCCC1CCCCC1. The van der Waals surface area contributed by atoms with Crippen LogP contribution >= 0.6 is 0 Å². The first kappa shape index (κ1) is 24.5. The van der Waals surface area contributed by atoms with Crippen LogP contribution in [0.1, 0.15) is 76.2 Å². The molecule has 0 spiro atoms. The van der Waals surface area contributed by atoms with E-state index in [9.17, 15) is 15.0 Å². The van der Waals surface area contributed by atoms with Crippen molar-refractivity contribution in [1.82, 2.24) is 4.90 Å². The summed E-state index contributed by atoms with van der Waals surface area (Å²) in [7, 11) is 0. The van der Waals surface area contributed by atoms with Crippen LogP contribution in [-0.2, 0) is 11.2 Å². The molecule has 2 heterocycles. The van der Waals surface area contributed by atoms with Gasteiger partial charge in [-0.05, 0) is 42.5 Å². The number of fused-ring (bicyclic) bond motifs is 1. The van der Waals surface area contributed by atoms with E-state index >= 15 is 0 Å². The predicted molar refractivity (Wildman–Crippen MR) is 134 cm³/mol. The summed E-state index contributed by atoms with van der Waals surface area (Å²) in [6.45, 7) is 1.01. The van der Waals surface area contributed by atoms with E-state index in [1.807, 2.05) is 23.2 Å². The molecule has 0 saturated heterocycles. The Hall–Kier alpha value is -2.60. The maximum Gasteiger partial charge on any atom is 0.163 e. The summed E-state index contributed by atoms with van der Waals surface area (Å²) < 4.78 is 5.82. The Morgan fingerprint density at radius 2 is 2.06 bits per heavy atom. The van der Waals surface area contributed by atoms with Gasteiger partial charge in [-0.2, -0.15) is 0 Å². The van der Waals surface area contributed by atoms with Gasteiger partial charge in [-0.1, -0.05) is 57.4 Å². The second kappa shape index (κ2) is 12.2. The molecule has 6 heteroatoms. The second-order valence-electron chi connectivity index (χ2n) is 9.98. The van der Waals surface area contributed by atoms with Crippen molar-refractivity contribution in [2.45, 2.75) is 83.2 Å². The summed E-state index contributed by atoms with van der Waals surface area (Å²) in [5, 5.41) is 20.4. The Bertz CT molecular complexity index is 930. The van der Waals surface area contributed by atoms with E-state index in [2.05, 4.69) is 4.99 Å². The number of rotatable bonds is 13. The first-order valence-corrected chi connectivity index (χ1v) is 12.9. The average Bonchev–Trinajstić information content (AvgIpc) is 3.43. The third kappa shape index (κ3) is 7.20. The molecule has 0 unspecified atom stereocenters. The van der Waals surface area contributed by atoms with Crippen LogP contribution < -0.4 is 4.74 Å². The third-order valence-corrected chi connectivity index (χ3v) is 7.18. The quantitative estimate of drug-likeness (QED) is 0.386. The number of aryl methyl sites for hydroxylation is 1. The molecule has 1 atom stereocenters. The molecule has 1 aromatic carbocycles. The molecule has 0 aromatic heterocycles. The number of aromatic hydroxyl groups is 1. The first-order valence-electron chi connectivity index (χ1n) is 12.9. The first-order chi connectivity index (χ1) is 16.6. The minimum Gasteiger partial charge on any atom is -0.504 e. The number of hydrogen-bond donors (Lipinski definition) is 2. The van der Waals surface area contributed by atoms with Gasteiger partial charge in [-0.15, -0.1) is 0 Å². The molecule has 1 aliphatic carbocycles. The number of nitrogens with zero attached hydrogens (tertiary/aromatic N) is 2. The number of aliphatic hydroxyl groups excluding tert-OH is 1. The van der Waals surface area contributed by atoms with Gasteiger partial charge in [0, 0.05) is 30.8 Å². The normalized spacial score (nSPS) is 18.6. The summed E-state index contributed by atoms with van der Waals surface area (Å²) in [6.07, 6.45) is 17.4. The van der Waals surface area contributed by atoms with Crippen LogP contribution in [0.15, 0.2) is 47.2 Å². The minimum absolute atomic E-state index is 0.0828. The average molecular weight is 467 g/mol. The molecular formula is C28H38N2O4. The number of unbranched alkanes of at least 4 members (excludes halogenated alkanes) is 1. The van der Waals surface area contributed by atoms with E-state index in [-0.39, 0.29) is 18.0 Å². The summed E-state index contributed by atoms with van der Waals surface area (Å²) in [4.78, 5) is 18.7. The molecule has 4 rings (SSSR count). The number of phenolic OH excluding ortho intramolecular Hbond substituents is 1. The van der Waals surface area contributed by atoms with Crippen LogP contribution in [0.2, 0.25) is 0 Å². The van der Waals surface area contributed by atoms with E-state index in [1.54, 1.807) is 18.3 Å². The number of ketones is 1. The largest absolute Gasteiger partial charge is 0.504 e. The van der Waals surface area contributed by atoms with Crippen LogP contribution in [-0.4, -0.2) is 46.0 Å². The molecule has 2 aliphatic heterocycles. The van der Waals surface area contributed by atoms with Crippen molar-refractivity contribution in [1.29, 1.82) is 0 Å². The van der Waals surface area contributed by atoms with E-state index in [0.717, 1.165) is 35.6 Å². The highest BCUT2D eigenvalue weighted by Gasteiger charge is 2.20. The molecule has 1 fully saturated rings. The van der Waals surface area contributed by atoms with Crippen LogP contribution in [0.3, 0.4) is 0 Å². The number of hydrogen-bond acceptors (Lipinski definition) is 6. The molecule has 0 radical (unpaired) electrons. The fourth-order valence-electron chi connectivity index (χ4n) is 5.17. The number of allylic oxidation sites excluding steroid dienone is 1. The zero-order valence-corrected chi connectivity index (χ0v) is 20.1. The van der Waals surface area contributed by atoms with Crippen molar-refractivity contribution in [3.05, 3.63) is 47.8 Å². The molecule has 2 N–H and O–H groups in total. The molecule has 0 bridgehead atoms. The maximum atomic E-state index is 12.4. The lowest BCUT2D eigenvalue weighted by molar-refractivity contribution is -0.121. The number of benzene rings is 1. The minimum atomic E-state index is -0.536. The zero-order chi connectivity index (χ0) is 23.8. The summed E-state index contributed by atoms with van der Waals surface area (Å²) in [5.74, 6) is 1.46. The second-order valence-corrected chi connectivity index (χ2v) is 9.98. The summed E-state index contributed by atoms with van der Waals surface area (Å²) >= 11 is 0. The number of ether oxygens (including phenoxy) is 1.